The molecule has 104 valence electrons. The van der Waals surface area contributed by atoms with Crippen LogP contribution in [0.5, 0.6) is 5.75 Å². The van der Waals surface area contributed by atoms with E-state index in [0.29, 0.717) is 6.42 Å². The average Bonchev–Trinajstić information content (AvgIpc) is 2.64. The number of hydrogen-bond acceptors (Lipinski definition) is 4. The molecule has 1 atom stereocenters. The molecule has 1 saturated heterocycles. The minimum Gasteiger partial charge on any atom is -0.486 e. The molecule has 3 rings (SSSR count). The van der Waals surface area contributed by atoms with Crippen LogP contribution in [-0.2, 0) is 22.8 Å². The van der Waals surface area contributed by atoms with E-state index in [9.17, 15) is 8.42 Å². The lowest BCUT2D eigenvalue weighted by molar-refractivity contribution is 0.115. The Morgan fingerprint density at radius 2 is 2.21 bits per heavy atom. The van der Waals surface area contributed by atoms with Crippen LogP contribution in [0.3, 0.4) is 0 Å². The van der Waals surface area contributed by atoms with E-state index in [2.05, 4.69) is 11.4 Å². The van der Waals surface area contributed by atoms with Gasteiger partial charge in [0, 0.05) is 18.5 Å². The summed E-state index contributed by atoms with van der Waals surface area (Å²) < 4.78 is 29.3. The van der Waals surface area contributed by atoms with Gasteiger partial charge in [-0.1, -0.05) is 12.1 Å². The number of sulfone groups is 1. The summed E-state index contributed by atoms with van der Waals surface area (Å²) in [4.78, 5) is 0. The second-order valence-electron chi connectivity index (χ2n) is 5.71. The Morgan fingerprint density at radius 1 is 1.37 bits per heavy atom. The van der Waals surface area contributed by atoms with E-state index >= 15 is 0 Å². The Balaban J connectivity index is 1.88. The van der Waals surface area contributed by atoms with Gasteiger partial charge < -0.3 is 10.1 Å². The van der Waals surface area contributed by atoms with E-state index < -0.39 is 15.4 Å². The average molecular weight is 281 g/mol. The third-order valence-corrected chi connectivity index (χ3v) is 5.80. The molecule has 2 heterocycles. The summed E-state index contributed by atoms with van der Waals surface area (Å²) >= 11 is 0. The van der Waals surface area contributed by atoms with Gasteiger partial charge in [-0.25, -0.2) is 8.42 Å². The van der Waals surface area contributed by atoms with Gasteiger partial charge in [-0.2, -0.15) is 0 Å². The van der Waals surface area contributed by atoms with Gasteiger partial charge in [-0.05, 0) is 31.5 Å². The molecule has 0 aromatic heterocycles. The second kappa shape index (κ2) is 4.49. The lowest BCUT2D eigenvalue weighted by Crippen LogP contribution is -2.34. The molecule has 0 spiro atoms. The molecule has 1 fully saturated rings. The summed E-state index contributed by atoms with van der Waals surface area (Å²) in [6.45, 7) is 3.68. The molecular formula is C14H19NO3S. The molecule has 1 N–H and O–H groups in total. The number of nitrogens with one attached hydrogen (secondary N) is 1. The van der Waals surface area contributed by atoms with E-state index in [0.717, 1.165) is 25.3 Å². The molecule has 2 aliphatic heterocycles. The summed E-state index contributed by atoms with van der Waals surface area (Å²) in [5, 5.41) is 3.34. The van der Waals surface area contributed by atoms with Crippen LogP contribution in [0.2, 0.25) is 0 Å². The third-order valence-electron chi connectivity index (χ3n) is 3.93. The largest absolute Gasteiger partial charge is 0.486 e. The van der Waals surface area contributed by atoms with Crippen LogP contribution in [0.1, 0.15) is 24.5 Å². The van der Waals surface area contributed by atoms with E-state index in [1.165, 1.54) is 11.1 Å². The molecule has 0 aliphatic carbocycles. The van der Waals surface area contributed by atoms with Gasteiger partial charge in [-0.15, -0.1) is 0 Å². The quantitative estimate of drug-likeness (QED) is 0.887. The van der Waals surface area contributed by atoms with Crippen molar-refractivity contribution in [3.05, 3.63) is 29.3 Å². The molecule has 0 saturated carbocycles. The van der Waals surface area contributed by atoms with Crippen LogP contribution >= 0.6 is 0 Å². The molecule has 5 heteroatoms. The smallest absolute Gasteiger partial charge is 0.154 e. The summed E-state index contributed by atoms with van der Waals surface area (Å²) in [6.07, 6.45) is 1.58. The van der Waals surface area contributed by atoms with Crippen LogP contribution in [-0.4, -0.2) is 32.1 Å². The lowest BCUT2D eigenvalue weighted by Gasteiger charge is -2.28. The van der Waals surface area contributed by atoms with Gasteiger partial charge in [0.2, 0.25) is 0 Å². The van der Waals surface area contributed by atoms with Gasteiger partial charge >= 0.3 is 0 Å². The van der Waals surface area contributed by atoms with Gasteiger partial charge in [0.05, 0.1) is 11.5 Å². The zero-order chi connectivity index (χ0) is 13.5. The summed E-state index contributed by atoms with van der Waals surface area (Å²) in [6, 6.07) is 6.06. The maximum absolute atomic E-state index is 11.6. The van der Waals surface area contributed by atoms with Gasteiger partial charge in [-0.3, -0.25) is 0 Å². The molecule has 0 radical (unpaired) electrons. The fraction of sp³-hybridized carbons (Fsp3) is 0.571. The lowest BCUT2D eigenvalue weighted by atomic mass is 9.99. The Kier molecular flexibility index (Phi) is 3.06. The third kappa shape index (κ3) is 2.62. The summed E-state index contributed by atoms with van der Waals surface area (Å²) in [5.41, 5.74) is 1.91. The van der Waals surface area contributed by atoms with Crippen molar-refractivity contribution in [2.45, 2.75) is 31.9 Å². The van der Waals surface area contributed by atoms with Crippen LogP contribution in [0.25, 0.3) is 0 Å². The monoisotopic (exact) mass is 281 g/mol. The molecule has 0 amide bonds. The highest BCUT2D eigenvalue weighted by Gasteiger charge is 2.40. The van der Waals surface area contributed by atoms with Crippen LogP contribution in [0, 0.1) is 0 Å². The van der Waals surface area contributed by atoms with Crippen molar-refractivity contribution in [2.24, 2.45) is 0 Å². The molecule has 2 aliphatic rings. The summed E-state index contributed by atoms with van der Waals surface area (Å²) in [5.74, 6) is 1.19. The van der Waals surface area contributed by atoms with E-state index in [4.69, 9.17) is 4.74 Å². The van der Waals surface area contributed by atoms with Gasteiger partial charge in [0.1, 0.15) is 11.4 Å². The van der Waals surface area contributed by atoms with Crippen molar-refractivity contribution < 1.29 is 13.2 Å². The standard InChI is InChI=1S/C14H19NO3S/c1-14(6-8-19(16,17)10-14)18-13-4-2-3-11-5-7-15-9-12(11)13/h2-4,15H,5-10H2,1H3. The minimum atomic E-state index is -2.94. The molecule has 1 aromatic rings. The predicted molar refractivity (Wildman–Crippen MR) is 74.2 cm³/mol. The van der Waals surface area contributed by atoms with Crippen molar-refractivity contribution in [2.75, 3.05) is 18.1 Å². The van der Waals surface area contributed by atoms with E-state index in [1.54, 1.807) is 0 Å². The first-order valence-electron chi connectivity index (χ1n) is 6.68. The first-order chi connectivity index (χ1) is 8.98. The Labute approximate surface area is 114 Å². The molecule has 1 unspecified atom stereocenters. The van der Waals surface area contributed by atoms with Crippen LogP contribution in [0.4, 0.5) is 0 Å². The fourth-order valence-electron chi connectivity index (χ4n) is 2.90. The molecule has 4 nitrogen and oxygen atoms in total. The maximum Gasteiger partial charge on any atom is 0.154 e. The van der Waals surface area contributed by atoms with Crippen molar-refractivity contribution in [3.8, 4) is 5.75 Å². The fourth-order valence-corrected chi connectivity index (χ4v) is 4.93. The minimum absolute atomic E-state index is 0.122. The van der Waals surface area contributed by atoms with E-state index in [-0.39, 0.29) is 11.5 Å². The van der Waals surface area contributed by atoms with Crippen molar-refractivity contribution in [1.82, 2.24) is 5.32 Å². The Bertz CT molecular complexity index is 597. The molecular weight excluding hydrogens is 262 g/mol. The van der Waals surface area contributed by atoms with Crippen LogP contribution < -0.4 is 10.1 Å². The first-order valence-corrected chi connectivity index (χ1v) is 8.51. The molecule has 1 aromatic carbocycles. The zero-order valence-corrected chi connectivity index (χ0v) is 11.9. The number of fused-ring (bicyclic) bond motifs is 1. The second-order valence-corrected chi connectivity index (χ2v) is 7.90. The highest BCUT2D eigenvalue weighted by molar-refractivity contribution is 7.91. The predicted octanol–water partition coefficient (Wildman–Crippen LogP) is 1.29. The number of ether oxygens (including phenoxy) is 1. The maximum atomic E-state index is 11.6. The topological polar surface area (TPSA) is 55.4 Å². The SMILES string of the molecule is CC1(Oc2cccc3c2CNCC3)CCS(=O)(=O)C1. The molecule has 19 heavy (non-hydrogen) atoms. The van der Waals surface area contributed by atoms with Crippen molar-refractivity contribution in [3.63, 3.8) is 0 Å². The number of rotatable bonds is 2. The normalized spacial score (nSPS) is 28.9. The van der Waals surface area contributed by atoms with E-state index in [1.807, 2.05) is 19.1 Å². The first kappa shape index (κ1) is 12.9. The van der Waals surface area contributed by atoms with Crippen molar-refractivity contribution >= 4 is 9.84 Å². The number of benzene rings is 1. The Morgan fingerprint density at radius 3 is 2.95 bits per heavy atom. The Hall–Kier alpha value is -1.07. The summed E-state index contributed by atoms with van der Waals surface area (Å²) in [7, 11) is -2.94. The molecule has 0 bridgehead atoms. The highest BCUT2D eigenvalue weighted by Crippen LogP contribution is 2.33. The number of hydrogen-bond donors (Lipinski definition) is 1. The van der Waals surface area contributed by atoms with Crippen LogP contribution in [0.15, 0.2) is 18.2 Å². The van der Waals surface area contributed by atoms with Gasteiger partial charge in [0.25, 0.3) is 0 Å². The van der Waals surface area contributed by atoms with Gasteiger partial charge in [0.15, 0.2) is 9.84 Å². The zero-order valence-electron chi connectivity index (χ0n) is 11.1. The highest BCUT2D eigenvalue weighted by atomic mass is 32.2. The van der Waals surface area contributed by atoms with Crippen molar-refractivity contribution in [1.29, 1.82) is 0 Å².